The zero-order valence-corrected chi connectivity index (χ0v) is 41.0. The van der Waals surface area contributed by atoms with Crippen LogP contribution < -0.4 is 10.1 Å². The van der Waals surface area contributed by atoms with Crippen LogP contribution in [0.15, 0.2) is 115 Å². The van der Waals surface area contributed by atoms with Gasteiger partial charge in [0.05, 0.1) is 55.2 Å². The third-order valence-electron chi connectivity index (χ3n) is 12.2. The highest BCUT2D eigenvalue weighted by Crippen LogP contribution is 2.35. The molecule has 0 radical (unpaired) electrons. The van der Waals surface area contributed by atoms with Gasteiger partial charge in [0, 0.05) is 44.9 Å². The largest absolute Gasteiger partial charge is 0.492 e. The minimum atomic E-state index is -0.824. The first-order valence-electron chi connectivity index (χ1n) is 23.8. The van der Waals surface area contributed by atoms with Gasteiger partial charge < -0.3 is 39.2 Å². The monoisotopic (exact) mass is 944 g/mol. The molecule has 1 fully saturated rings. The standard InChI is InChI=1S/C55H68N4O8S/c1-6-49(42-13-9-7-10-14-42)52(43-15-11-8-12-16-43)44-21-23-48(24-22-44)67-28-26-58(5)25-27-64-29-30-65-31-32-66-37-47(61)33-50(39(2)3)55(63)59-36-46(60)34-51(59)54(62)56-35-41-17-19-45(20-18-41)53-40(4)57-38-68-53/h7-24,38-39,46,50-51,60H,6,25-37H2,1-5H3,(H,56,62)/b52-49-/t46-,50+,51+/m1/s1. The molecule has 0 saturated carbocycles. The minimum Gasteiger partial charge on any atom is -0.492 e. The minimum absolute atomic E-state index is 0.0193. The molecule has 13 heteroatoms. The third kappa shape index (κ3) is 15.2. The van der Waals surface area contributed by atoms with Gasteiger partial charge in [0.25, 0.3) is 0 Å². The lowest BCUT2D eigenvalue weighted by Crippen LogP contribution is -2.48. The van der Waals surface area contributed by atoms with E-state index >= 15 is 0 Å². The molecule has 2 N–H and O–H groups in total. The van der Waals surface area contributed by atoms with Crippen molar-refractivity contribution in [3.63, 3.8) is 0 Å². The van der Waals surface area contributed by atoms with Crippen LogP contribution in [0.25, 0.3) is 21.6 Å². The molecule has 68 heavy (non-hydrogen) atoms. The molecule has 0 aliphatic carbocycles. The predicted octanol–water partition coefficient (Wildman–Crippen LogP) is 8.36. The predicted molar refractivity (Wildman–Crippen MR) is 269 cm³/mol. The molecule has 5 aromatic rings. The Bertz CT molecular complexity index is 2350. The number of ketones is 1. The van der Waals surface area contributed by atoms with E-state index in [1.165, 1.54) is 27.2 Å². The van der Waals surface area contributed by atoms with Crippen molar-refractivity contribution >= 4 is 40.1 Å². The van der Waals surface area contributed by atoms with E-state index in [-0.39, 0.29) is 62.7 Å². The zero-order chi connectivity index (χ0) is 48.3. The zero-order valence-electron chi connectivity index (χ0n) is 40.2. The van der Waals surface area contributed by atoms with Gasteiger partial charge in [-0.15, -0.1) is 11.3 Å². The second-order valence-corrected chi connectivity index (χ2v) is 18.4. The average Bonchev–Trinajstić information content (AvgIpc) is 3.97. The molecule has 3 atom stereocenters. The number of nitrogens with zero attached hydrogens (tertiary/aromatic N) is 3. The van der Waals surface area contributed by atoms with Crippen LogP contribution in [0.5, 0.6) is 5.75 Å². The number of carbonyl (C=O) groups is 3. The van der Waals surface area contributed by atoms with Crippen molar-refractivity contribution in [1.82, 2.24) is 20.1 Å². The Morgan fingerprint density at radius 1 is 0.809 bits per heavy atom. The first-order valence-corrected chi connectivity index (χ1v) is 24.7. The molecule has 0 spiro atoms. The smallest absolute Gasteiger partial charge is 0.243 e. The van der Waals surface area contributed by atoms with Gasteiger partial charge in [-0.3, -0.25) is 14.4 Å². The number of allylic oxidation sites excluding steroid dienone is 1. The number of Topliss-reactive ketones (excluding diaryl/α,β-unsaturated/α-hetero) is 1. The Kier molecular flexibility index (Phi) is 20.5. The van der Waals surface area contributed by atoms with Gasteiger partial charge in [-0.05, 0) is 77.4 Å². The van der Waals surface area contributed by atoms with Gasteiger partial charge in [-0.2, -0.15) is 0 Å². The van der Waals surface area contributed by atoms with E-state index in [0.29, 0.717) is 33.0 Å². The number of ether oxygens (including phenoxy) is 4. The number of hydrogen-bond donors (Lipinski definition) is 2. The van der Waals surface area contributed by atoms with Gasteiger partial charge >= 0.3 is 0 Å². The van der Waals surface area contributed by atoms with Crippen LogP contribution in [-0.2, 0) is 35.1 Å². The molecule has 1 aliphatic rings. The summed E-state index contributed by atoms with van der Waals surface area (Å²) in [6.45, 7) is 12.1. The summed E-state index contributed by atoms with van der Waals surface area (Å²) in [5, 5.41) is 13.5. The number of aromatic nitrogens is 1. The highest BCUT2D eigenvalue weighted by molar-refractivity contribution is 7.13. The van der Waals surface area contributed by atoms with Gasteiger partial charge in [0.1, 0.15) is 25.0 Å². The number of nitrogens with one attached hydrogen (secondary N) is 1. The summed E-state index contributed by atoms with van der Waals surface area (Å²) in [6.07, 6.45) is 0.209. The van der Waals surface area contributed by atoms with Gasteiger partial charge in [0.2, 0.25) is 11.8 Å². The van der Waals surface area contributed by atoms with E-state index in [9.17, 15) is 19.5 Å². The lowest BCUT2D eigenvalue weighted by molar-refractivity contribution is -0.144. The third-order valence-corrected chi connectivity index (χ3v) is 13.2. The topological polar surface area (TPSA) is 140 Å². The van der Waals surface area contributed by atoms with Crippen LogP contribution >= 0.6 is 11.3 Å². The summed E-state index contributed by atoms with van der Waals surface area (Å²) in [6, 6.07) is 36.6. The maximum absolute atomic E-state index is 13.8. The molecule has 0 unspecified atom stereocenters. The Morgan fingerprint density at radius 2 is 1.43 bits per heavy atom. The van der Waals surface area contributed by atoms with Crippen LogP contribution in [0.2, 0.25) is 0 Å². The molecule has 1 aliphatic heterocycles. The van der Waals surface area contributed by atoms with Crippen molar-refractivity contribution in [1.29, 1.82) is 0 Å². The van der Waals surface area contributed by atoms with Crippen LogP contribution in [0.3, 0.4) is 0 Å². The molecule has 2 heterocycles. The Labute approximate surface area is 406 Å². The molecular formula is C55H68N4O8S. The van der Waals surface area contributed by atoms with Gasteiger partial charge in [0.15, 0.2) is 5.78 Å². The lowest BCUT2D eigenvalue weighted by atomic mass is 9.88. The van der Waals surface area contributed by atoms with Gasteiger partial charge in [-0.1, -0.05) is 118 Å². The van der Waals surface area contributed by atoms with Crippen LogP contribution in [0.4, 0.5) is 0 Å². The van der Waals surface area contributed by atoms with Crippen LogP contribution in [-0.4, -0.2) is 123 Å². The number of aliphatic hydroxyl groups excluding tert-OH is 1. The maximum Gasteiger partial charge on any atom is 0.243 e. The summed E-state index contributed by atoms with van der Waals surface area (Å²) in [4.78, 5) is 49.2. The van der Waals surface area contributed by atoms with Crippen molar-refractivity contribution in [3.05, 3.63) is 143 Å². The second kappa shape index (κ2) is 26.9. The molecule has 12 nitrogen and oxygen atoms in total. The number of likely N-dealkylation sites (N-methyl/N-ethyl adjacent to an activating group) is 1. The van der Waals surface area contributed by atoms with Crippen LogP contribution in [0.1, 0.15) is 68.0 Å². The van der Waals surface area contributed by atoms with E-state index in [1.807, 2.05) is 75.8 Å². The molecule has 1 saturated heterocycles. The normalized spacial score (nSPS) is 15.7. The number of likely N-dealkylation sites (tertiary alicyclic amines) is 1. The fourth-order valence-corrected chi connectivity index (χ4v) is 9.18. The van der Waals surface area contributed by atoms with Crippen molar-refractivity contribution < 1.29 is 38.4 Å². The summed E-state index contributed by atoms with van der Waals surface area (Å²) >= 11 is 1.58. The fourth-order valence-electron chi connectivity index (χ4n) is 8.37. The van der Waals surface area contributed by atoms with E-state index in [0.717, 1.165) is 52.5 Å². The molecule has 4 aromatic carbocycles. The van der Waals surface area contributed by atoms with Crippen molar-refractivity contribution in [3.8, 4) is 16.2 Å². The average molecular weight is 945 g/mol. The lowest BCUT2D eigenvalue weighted by Gasteiger charge is -2.29. The highest BCUT2D eigenvalue weighted by atomic mass is 32.1. The van der Waals surface area contributed by atoms with Crippen LogP contribution in [0, 0.1) is 18.8 Å². The molecule has 6 rings (SSSR count). The molecule has 1 aromatic heterocycles. The van der Waals surface area contributed by atoms with Crippen molar-refractivity contribution in [2.45, 2.75) is 65.6 Å². The number of thiazole rings is 1. The molecule has 2 amide bonds. The van der Waals surface area contributed by atoms with Gasteiger partial charge in [-0.25, -0.2) is 4.98 Å². The molecule has 0 bridgehead atoms. The van der Waals surface area contributed by atoms with Crippen molar-refractivity contribution in [2.75, 3.05) is 72.9 Å². The number of benzene rings is 4. The Balaban J connectivity index is 0.823. The number of rotatable bonds is 27. The number of aliphatic hydroxyl groups is 1. The van der Waals surface area contributed by atoms with E-state index < -0.39 is 18.1 Å². The first-order chi connectivity index (χ1) is 33.0. The summed E-state index contributed by atoms with van der Waals surface area (Å²) in [5.41, 5.74) is 10.9. The van der Waals surface area contributed by atoms with E-state index in [1.54, 1.807) is 11.3 Å². The summed E-state index contributed by atoms with van der Waals surface area (Å²) in [7, 11) is 2.04. The Hall–Kier alpha value is -5.54. The van der Waals surface area contributed by atoms with E-state index in [2.05, 4.69) is 88.9 Å². The summed E-state index contributed by atoms with van der Waals surface area (Å²) < 4.78 is 23.1. The maximum atomic E-state index is 13.8. The number of hydrogen-bond acceptors (Lipinski definition) is 11. The fraction of sp³-hybridized carbons (Fsp3) is 0.418. The number of carbonyl (C=O) groups excluding carboxylic acids is 3. The molecule has 362 valence electrons. The highest BCUT2D eigenvalue weighted by Gasteiger charge is 2.42. The second-order valence-electron chi connectivity index (χ2n) is 17.6. The Morgan fingerprint density at radius 3 is 2.06 bits per heavy atom. The SMILES string of the molecule is CC/C(=C(\c1ccccc1)c1ccc(OCCN(C)CCOCCOCCOCC(=O)C[C@H](C(=O)N2C[C@H](O)C[C@H]2C(=O)NCc2ccc(-c3scnc3C)cc2)C(C)C)cc1)c1ccccc1. The quantitative estimate of drug-likeness (QED) is 0.0390. The first kappa shape index (κ1) is 51.8. The number of β-amino-alcohol motifs (C(OH)–C–C–N with tert-alkyl or cyclic N) is 1. The molecular weight excluding hydrogens is 877 g/mol. The number of aryl methyl sites for hydroxylation is 1. The number of amides is 2. The summed E-state index contributed by atoms with van der Waals surface area (Å²) in [5.74, 6) is -0.830. The van der Waals surface area contributed by atoms with E-state index in [4.69, 9.17) is 18.9 Å². The van der Waals surface area contributed by atoms with Crippen molar-refractivity contribution in [2.24, 2.45) is 11.8 Å².